The highest BCUT2D eigenvalue weighted by Gasteiger charge is 2.16. The van der Waals surface area contributed by atoms with Crippen LogP contribution >= 0.6 is 15.9 Å². The van der Waals surface area contributed by atoms with Gasteiger partial charge in [0.1, 0.15) is 0 Å². The molecule has 0 atom stereocenters. The molecule has 15 heavy (non-hydrogen) atoms. The first-order valence-corrected chi connectivity index (χ1v) is 4.87. The predicted octanol–water partition coefficient (Wildman–Crippen LogP) is 2.81. The van der Waals surface area contributed by atoms with E-state index in [0.29, 0.717) is 4.67 Å². The van der Waals surface area contributed by atoms with E-state index in [9.17, 15) is 9.18 Å². The lowest BCUT2D eigenvalue weighted by Gasteiger charge is -1.97. The molecule has 0 aliphatic rings. The van der Waals surface area contributed by atoms with Crippen molar-refractivity contribution in [2.24, 2.45) is 0 Å². The average molecular weight is 270 g/mol. The zero-order valence-corrected chi connectivity index (χ0v) is 8.99. The summed E-state index contributed by atoms with van der Waals surface area (Å²) in [5, 5.41) is 0. The van der Waals surface area contributed by atoms with Gasteiger partial charge in [-0.25, -0.2) is 4.39 Å². The fourth-order valence-corrected chi connectivity index (χ4v) is 1.43. The Bertz CT molecular complexity index is 510. The Morgan fingerprint density at radius 2 is 2.20 bits per heavy atom. The molecule has 0 amide bonds. The number of nitrogens with zero attached hydrogens (tertiary/aromatic N) is 1. The van der Waals surface area contributed by atoms with Gasteiger partial charge in [-0.15, -0.1) is 0 Å². The van der Waals surface area contributed by atoms with Crippen LogP contribution in [0.5, 0.6) is 0 Å². The number of aromatic nitrogens is 1. The van der Waals surface area contributed by atoms with Crippen molar-refractivity contribution in [3.05, 3.63) is 52.4 Å². The van der Waals surface area contributed by atoms with E-state index in [1.807, 2.05) is 0 Å². The lowest BCUT2D eigenvalue weighted by atomic mass is 10.1. The zero-order valence-electron chi connectivity index (χ0n) is 7.41. The smallest absolute Gasteiger partial charge is 0.231 e. The van der Waals surface area contributed by atoms with Gasteiger partial charge in [-0.3, -0.25) is 9.78 Å². The Kier molecular flexibility index (Phi) is 2.64. The summed E-state index contributed by atoms with van der Waals surface area (Å²) in [5.74, 6) is -1.07. The molecule has 0 aromatic carbocycles. The summed E-state index contributed by atoms with van der Waals surface area (Å²) in [6, 6.07) is 4.37. The van der Waals surface area contributed by atoms with E-state index in [0.717, 1.165) is 6.20 Å². The largest absolute Gasteiger partial charge is 0.446 e. The summed E-state index contributed by atoms with van der Waals surface area (Å²) in [6.45, 7) is 0. The SMILES string of the molecule is O=C(c1ccc(Br)o1)c1ccncc1F. The molecule has 0 unspecified atom stereocenters. The standard InChI is InChI=1S/C10H5BrFNO2/c11-9-2-1-8(15-9)10(14)6-3-4-13-5-7(6)12/h1-5H. The maximum absolute atomic E-state index is 13.2. The molecule has 0 radical (unpaired) electrons. The number of halogens is 2. The van der Waals surface area contributed by atoms with Crippen molar-refractivity contribution in [1.82, 2.24) is 4.98 Å². The molecular weight excluding hydrogens is 265 g/mol. The van der Waals surface area contributed by atoms with E-state index in [1.54, 1.807) is 6.07 Å². The normalized spacial score (nSPS) is 10.3. The number of hydrogen-bond acceptors (Lipinski definition) is 3. The monoisotopic (exact) mass is 269 g/mol. The van der Waals surface area contributed by atoms with Crippen LogP contribution in [0.3, 0.4) is 0 Å². The molecule has 0 saturated carbocycles. The number of hydrogen-bond donors (Lipinski definition) is 0. The van der Waals surface area contributed by atoms with Gasteiger partial charge in [0.25, 0.3) is 0 Å². The van der Waals surface area contributed by atoms with Crippen molar-refractivity contribution in [2.45, 2.75) is 0 Å². The highest BCUT2D eigenvalue weighted by molar-refractivity contribution is 9.10. The van der Waals surface area contributed by atoms with Crippen molar-refractivity contribution < 1.29 is 13.6 Å². The third-order valence-electron chi connectivity index (χ3n) is 1.81. The molecule has 0 N–H and O–H groups in total. The van der Waals surface area contributed by atoms with Crippen molar-refractivity contribution in [3.8, 4) is 0 Å². The number of pyridine rings is 1. The van der Waals surface area contributed by atoms with Crippen LogP contribution in [0.4, 0.5) is 4.39 Å². The van der Waals surface area contributed by atoms with Crippen molar-refractivity contribution >= 4 is 21.7 Å². The molecule has 0 saturated heterocycles. The molecule has 2 rings (SSSR count). The summed E-state index contributed by atoms with van der Waals surface area (Å²) in [4.78, 5) is 15.3. The van der Waals surface area contributed by atoms with Gasteiger partial charge in [-0.1, -0.05) is 0 Å². The van der Waals surface area contributed by atoms with E-state index in [-0.39, 0.29) is 11.3 Å². The molecule has 0 bridgehead atoms. The molecular formula is C10H5BrFNO2. The van der Waals surface area contributed by atoms with Crippen molar-refractivity contribution in [1.29, 1.82) is 0 Å². The first-order chi connectivity index (χ1) is 7.18. The fraction of sp³-hybridized carbons (Fsp3) is 0. The third-order valence-corrected chi connectivity index (χ3v) is 2.24. The molecule has 5 heteroatoms. The van der Waals surface area contributed by atoms with Crippen LogP contribution < -0.4 is 0 Å². The zero-order chi connectivity index (χ0) is 10.8. The summed E-state index contributed by atoms with van der Waals surface area (Å²) in [5.41, 5.74) is -0.0492. The van der Waals surface area contributed by atoms with E-state index >= 15 is 0 Å². The number of rotatable bonds is 2. The Balaban J connectivity index is 2.41. The van der Waals surface area contributed by atoms with Crippen LogP contribution in [-0.2, 0) is 0 Å². The van der Waals surface area contributed by atoms with Gasteiger partial charge in [0, 0.05) is 6.20 Å². The average Bonchev–Trinajstić information content (AvgIpc) is 2.65. The minimum Gasteiger partial charge on any atom is -0.446 e. The molecule has 3 nitrogen and oxygen atoms in total. The Labute approximate surface area is 93.1 Å². The van der Waals surface area contributed by atoms with E-state index in [2.05, 4.69) is 20.9 Å². The number of carbonyl (C=O) groups is 1. The van der Waals surface area contributed by atoms with Crippen LogP contribution in [0.25, 0.3) is 0 Å². The molecule has 0 spiro atoms. The first-order valence-electron chi connectivity index (χ1n) is 4.08. The number of carbonyl (C=O) groups excluding carboxylic acids is 1. The third kappa shape index (κ3) is 1.97. The van der Waals surface area contributed by atoms with Gasteiger partial charge in [-0.05, 0) is 34.1 Å². The maximum Gasteiger partial charge on any atom is 0.231 e. The van der Waals surface area contributed by atoms with Crippen molar-refractivity contribution in [2.75, 3.05) is 0 Å². The topological polar surface area (TPSA) is 43.1 Å². The highest BCUT2D eigenvalue weighted by Crippen LogP contribution is 2.18. The summed E-state index contributed by atoms with van der Waals surface area (Å²) < 4.78 is 18.7. The molecule has 2 heterocycles. The van der Waals surface area contributed by atoms with Gasteiger partial charge < -0.3 is 4.42 Å². The molecule has 0 fully saturated rings. The lowest BCUT2D eigenvalue weighted by Crippen LogP contribution is -2.03. The minimum absolute atomic E-state index is 0.0492. The molecule has 2 aromatic rings. The van der Waals surface area contributed by atoms with Crippen molar-refractivity contribution in [3.63, 3.8) is 0 Å². The minimum atomic E-state index is -0.657. The molecule has 76 valence electrons. The number of ketones is 1. The first kappa shape index (κ1) is 10.0. The van der Waals surface area contributed by atoms with Gasteiger partial charge in [0.15, 0.2) is 16.2 Å². The number of furan rings is 1. The Morgan fingerprint density at radius 1 is 1.40 bits per heavy atom. The quantitative estimate of drug-likeness (QED) is 0.788. The second-order valence-corrected chi connectivity index (χ2v) is 3.57. The van der Waals surface area contributed by atoms with Crippen LogP contribution in [0.1, 0.15) is 16.1 Å². The molecule has 0 aliphatic heterocycles. The fourth-order valence-electron chi connectivity index (χ4n) is 1.13. The Hall–Kier alpha value is -1.49. The van der Waals surface area contributed by atoms with Crippen LogP contribution in [0.2, 0.25) is 0 Å². The second kappa shape index (κ2) is 3.94. The van der Waals surface area contributed by atoms with Gasteiger partial charge >= 0.3 is 0 Å². The summed E-state index contributed by atoms with van der Waals surface area (Å²) in [7, 11) is 0. The van der Waals surface area contributed by atoms with E-state index < -0.39 is 11.6 Å². The predicted molar refractivity (Wildman–Crippen MR) is 54.0 cm³/mol. The van der Waals surface area contributed by atoms with E-state index in [1.165, 1.54) is 18.3 Å². The summed E-state index contributed by atoms with van der Waals surface area (Å²) in [6.07, 6.45) is 2.35. The second-order valence-electron chi connectivity index (χ2n) is 2.79. The summed E-state index contributed by atoms with van der Waals surface area (Å²) >= 11 is 3.07. The van der Waals surface area contributed by atoms with Crippen LogP contribution in [0.15, 0.2) is 39.7 Å². The van der Waals surface area contributed by atoms with Gasteiger partial charge in [-0.2, -0.15) is 0 Å². The van der Waals surface area contributed by atoms with Crippen LogP contribution in [0, 0.1) is 5.82 Å². The van der Waals surface area contributed by atoms with E-state index in [4.69, 9.17) is 4.42 Å². The molecule has 2 aromatic heterocycles. The Morgan fingerprint density at radius 3 is 2.80 bits per heavy atom. The van der Waals surface area contributed by atoms with Crippen LogP contribution in [-0.4, -0.2) is 10.8 Å². The maximum atomic E-state index is 13.2. The highest BCUT2D eigenvalue weighted by atomic mass is 79.9. The molecule has 0 aliphatic carbocycles. The lowest BCUT2D eigenvalue weighted by molar-refractivity contribution is 0.100. The van der Waals surface area contributed by atoms with Gasteiger partial charge in [0.2, 0.25) is 5.78 Å². The van der Waals surface area contributed by atoms with Gasteiger partial charge in [0.05, 0.1) is 11.8 Å².